The van der Waals surface area contributed by atoms with Gasteiger partial charge in [-0.25, -0.2) is 0 Å². The fourth-order valence-electron chi connectivity index (χ4n) is 2.99. The molecule has 168 valence electrons. The van der Waals surface area contributed by atoms with Crippen LogP contribution in [0.3, 0.4) is 0 Å². The zero-order chi connectivity index (χ0) is 22.8. The van der Waals surface area contributed by atoms with E-state index in [9.17, 15) is 23.1 Å². The van der Waals surface area contributed by atoms with Gasteiger partial charge in [-0.2, -0.15) is 13.2 Å². The molecular formula is C21H20Cl3F3N2O2. The minimum absolute atomic E-state index is 0.0137. The highest BCUT2D eigenvalue weighted by Crippen LogP contribution is 2.43. The fourth-order valence-corrected chi connectivity index (χ4v) is 3.58. The Bertz CT molecular complexity index is 927. The molecule has 1 fully saturated rings. The first-order valence-electron chi connectivity index (χ1n) is 9.53. The minimum Gasteiger partial charge on any atom is -0.381 e. The molecule has 31 heavy (non-hydrogen) atoms. The SMILES string of the molecule is O=C(CC1CC1)NCc1ccc(NC[C@@](O)(c2cc(Cl)c(Cl)c(Cl)c2)C(F)(F)F)cc1. The van der Waals surface area contributed by atoms with Crippen LogP contribution in [-0.4, -0.2) is 23.7 Å². The minimum atomic E-state index is -5.01. The Hall–Kier alpha value is -1.67. The lowest BCUT2D eigenvalue weighted by Crippen LogP contribution is -2.47. The second-order valence-electron chi connectivity index (χ2n) is 7.59. The Morgan fingerprint density at radius 3 is 2.16 bits per heavy atom. The Morgan fingerprint density at radius 1 is 1.06 bits per heavy atom. The molecule has 0 unspecified atom stereocenters. The van der Waals surface area contributed by atoms with Crippen molar-refractivity contribution < 1.29 is 23.1 Å². The average molecular weight is 496 g/mol. The van der Waals surface area contributed by atoms with Gasteiger partial charge in [0.2, 0.25) is 11.5 Å². The largest absolute Gasteiger partial charge is 0.423 e. The standard InChI is InChI=1S/C21H20Cl3F3N2O2/c22-16-8-14(9-17(23)19(16)24)20(31,21(25,26)27)11-29-15-5-3-13(4-6-15)10-28-18(30)7-12-1-2-12/h3-6,8-9,12,29,31H,1-2,7,10-11H2,(H,28,30)/t20-/m1/s1. The maximum absolute atomic E-state index is 13.7. The number of carbonyl (C=O) groups is 1. The summed E-state index contributed by atoms with van der Waals surface area (Å²) in [6, 6.07) is 8.39. The number of halogens is 6. The predicted octanol–water partition coefficient (Wildman–Crippen LogP) is 5.93. The molecule has 1 amide bonds. The van der Waals surface area contributed by atoms with Crippen molar-refractivity contribution in [2.75, 3.05) is 11.9 Å². The van der Waals surface area contributed by atoms with E-state index in [1.165, 1.54) is 0 Å². The van der Waals surface area contributed by atoms with Gasteiger partial charge in [-0.15, -0.1) is 0 Å². The summed E-state index contributed by atoms with van der Waals surface area (Å²) < 4.78 is 41.2. The van der Waals surface area contributed by atoms with E-state index in [0.29, 0.717) is 24.6 Å². The van der Waals surface area contributed by atoms with Gasteiger partial charge in [-0.05, 0) is 54.2 Å². The number of amides is 1. The van der Waals surface area contributed by atoms with Crippen LogP contribution in [0.25, 0.3) is 0 Å². The third-order valence-electron chi connectivity index (χ3n) is 5.09. The summed E-state index contributed by atoms with van der Waals surface area (Å²) in [5.41, 5.74) is -2.61. The van der Waals surface area contributed by atoms with Crippen LogP contribution in [0, 0.1) is 5.92 Å². The van der Waals surface area contributed by atoms with Crippen LogP contribution < -0.4 is 10.6 Å². The van der Waals surface area contributed by atoms with Gasteiger partial charge in [-0.3, -0.25) is 4.79 Å². The Balaban J connectivity index is 1.67. The molecule has 0 saturated heterocycles. The number of carbonyl (C=O) groups excluding carboxylic acids is 1. The van der Waals surface area contributed by atoms with E-state index in [1.54, 1.807) is 24.3 Å². The molecule has 0 aromatic heterocycles. The predicted molar refractivity (Wildman–Crippen MR) is 116 cm³/mol. The molecule has 3 N–H and O–H groups in total. The van der Waals surface area contributed by atoms with Crippen molar-refractivity contribution in [1.82, 2.24) is 5.32 Å². The van der Waals surface area contributed by atoms with Crippen LogP contribution in [-0.2, 0) is 16.9 Å². The summed E-state index contributed by atoms with van der Waals surface area (Å²) in [7, 11) is 0. The van der Waals surface area contributed by atoms with Crippen LogP contribution in [0.15, 0.2) is 36.4 Å². The molecular weight excluding hydrogens is 476 g/mol. The van der Waals surface area contributed by atoms with Crippen molar-refractivity contribution in [2.24, 2.45) is 5.92 Å². The molecule has 3 rings (SSSR count). The number of benzene rings is 2. The van der Waals surface area contributed by atoms with E-state index in [2.05, 4.69) is 10.6 Å². The first-order valence-corrected chi connectivity index (χ1v) is 10.7. The Kier molecular flexibility index (Phi) is 7.31. The number of rotatable bonds is 8. The van der Waals surface area contributed by atoms with Gasteiger partial charge < -0.3 is 15.7 Å². The molecule has 10 heteroatoms. The number of aliphatic hydroxyl groups is 1. The molecule has 1 aliphatic rings. The summed E-state index contributed by atoms with van der Waals surface area (Å²) in [5.74, 6) is 0.476. The summed E-state index contributed by atoms with van der Waals surface area (Å²) in [4.78, 5) is 11.8. The number of alkyl halides is 3. The fraction of sp³-hybridized carbons (Fsp3) is 0.381. The Morgan fingerprint density at radius 2 is 1.65 bits per heavy atom. The molecule has 1 saturated carbocycles. The molecule has 0 aliphatic heterocycles. The summed E-state index contributed by atoms with van der Waals surface area (Å²) >= 11 is 17.5. The topological polar surface area (TPSA) is 61.4 Å². The smallest absolute Gasteiger partial charge is 0.381 e. The molecule has 1 atom stereocenters. The first kappa shape index (κ1) is 24.0. The second-order valence-corrected chi connectivity index (χ2v) is 8.78. The van der Waals surface area contributed by atoms with Crippen molar-refractivity contribution in [3.05, 3.63) is 62.6 Å². The number of hydrogen-bond donors (Lipinski definition) is 3. The lowest BCUT2D eigenvalue weighted by Gasteiger charge is -2.32. The van der Waals surface area contributed by atoms with E-state index in [4.69, 9.17) is 34.8 Å². The monoisotopic (exact) mass is 494 g/mol. The summed E-state index contributed by atoms with van der Waals surface area (Å²) in [5, 5.41) is 15.4. The maximum atomic E-state index is 13.7. The van der Waals surface area contributed by atoms with Crippen molar-refractivity contribution in [2.45, 2.75) is 37.6 Å². The highest BCUT2D eigenvalue weighted by Gasteiger charge is 2.55. The van der Waals surface area contributed by atoms with Crippen LogP contribution in [0.5, 0.6) is 0 Å². The zero-order valence-electron chi connectivity index (χ0n) is 16.2. The van der Waals surface area contributed by atoms with Crippen molar-refractivity contribution >= 4 is 46.4 Å². The second kappa shape index (κ2) is 9.45. The van der Waals surface area contributed by atoms with E-state index >= 15 is 0 Å². The van der Waals surface area contributed by atoms with Crippen LogP contribution in [0.4, 0.5) is 18.9 Å². The van der Waals surface area contributed by atoms with E-state index < -0.39 is 23.9 Å². The number of nitrogens with one attached hydrogen (secondary N) is 2. The molecule has 0 heterocycles. The molecule has 2 aromatic carbocycles. The third-order valence-corrected chi connectivity index (χ3v) is 6.29. The lowest BCUT2D eigenvalue weighted by atomic mass is 9.92. The van der Waals surface area contributed by atoms with Crippen LogP contribution in [0.2, 0.25) is 15.1 Å². The number of anilines is 1. The third kappa shape index (κ3) is 5.98. The van der Waals surface area contributed by atoms with Gasteiger partial charge >= 0.3 is 6.18 Å². The summed E-state index contributed by atoms with van der Waals surface area (Å²) in [6.07, 6.45) is -2.31. The van der Waals surface area contributed by atoms with Gasteiger partial charge in [0.15, 0.2) is 0 Å². The van der Waals surface area contributed by atoms with Gasteiger partial charge in [0.25, 0.3) is 0 Å². The molecule has 4 nitrogen and oxygen atoms in total. The molecule has 2 aromatic rings. The van der Waals surface area contributed by atoms with Crippen molar-refractivity contribution in [1.29, 1.82) is 0 Å². The van der Waals surface area contributed by atoms with E-state index in [0.717, 1.165) is 30.5 Å². The molecule has 0 spiro atoms. The van der Waals surface area contributed by atoms with Crippen LogP contribution >= 0.6 is 34.8 Å². The van der Waals surface area contributed by atoms with E-state index in [-0.39, 0.29) is 21.0 Å². The highest BCUT2D eigenvalue weighted by atomic mass is 35.5. The Labute approximate surface area is 192 Å². The molecule has 0 bridgehead atoms. The van der Waals surface area contributed by atoms with Crippen molar-refractivity contribution in [3.63, 3.8) is 0 Å². The van der Waals surface area contributed by atoms with E-state index in [1.807, 2.05) is 0 Å². The average Bonchev–Trinajstić information content (AvgIpc) is 3.52. The quantitative estimate of drug-likeness (QED) is 0.398. The van der Waals surface area contributed by atoms with Gasteiger partial charge in [0.05, 0.1) is 21.6 Å². The molecule has 0 radical (unpaired) electrons. The normalized spacial score (nSPS) is 16.0. The zero-order valence-corrected chi connectivity index (χ0v) is 18.5. The van der Waals surface area contributed by atoms with Crippen molar-refractivity contribution in [3.8, 4) is 0 Å². The highest BCUT2D eigenvalue weighted by molar-refractivity contribution is 6.48. The lowest BCUT2D eigenvalue weighted by molar-refractivity contribution is -0.260. The summed E-state index contributed by atoms with van der Waals surface area (Å²) in [6.45, 7) is -0.539. The number of hydrogen-bond acceptors (Lipinski definition) is 3. The van der Waals surface area contributed by atoms with Crippen LogP contribution in [0.1, 0.15) is 30.4 Å². The maximum Gasteiger partial charge on any atom is 0.423 e. The molecule has 1 aliphatic carbocycles. The van der Waals surface area contributed by atoms with Gasteiger partial charge in [0.1, 0.15) is 0 Å². The first-order chi connectivity index (χ1) is 14.5. The van der Waals surface area contributed by atoms with Gasteiger partial charge in [0, 0.05) is 18.7 Å². The van der Waals surface area contributed by atoms with Gasteiger partial charge in [-0.1, -0.05) is 46.9 Å².